The van der Waals surface area contributed by atoms with Crippen LogP contribution in [0.2, 0.25) is 0 Å². The van der Waals surface area contributed by atoms with Crippen molar-refractivity contribution in [1.29, 1.82) is 0 Å². The van der Waals surface area contributed by atoms with Gasteiger partial charge < -0.3 is 0 Å². The van der Waals surface area contributed by atoms with E-state index in [0.29, 0.717) is 0 Å². The molecule has 0 radical (unpaired) electrons. The maximum atomic E-state index is 3.82. The van der Waals surface area contributed by atoms with Crippen LogP contribution in [-0.4, -0.2) is 23.8 Å². The number of benzene rings is 2. The summed E-state index contributed by atoms with van der Waals surface area (Å²) < 4.78 is 0.230. The third-order valence-corrected chi connectivity index (χ3v) is 9.95. The zero-order valence-corrected chi connectivity index (χ0v) is 16.2. The molecule has 2 aromatic carbocycles. The zero-order chi connectivity index (χ0) is 16.3. The lowest BCUT2D eigenvalue weighted by atomic mass is 9.97. The third-order valence-electron chi connectivity index (χ3n) is 4.87. The zero-order valence-electron chi connectivity index (χ0n) is 13.7. The Hall–Kier alpha value is -0.550. The van der Waals surface area contributed by atoms with Crippen LogP contribution in [0.25, 0.3) is 0 Å². The number of rotatable bonds is 5. The van der Waals surface area contributed by atoms with Crippen LogP contribution in [0.5, 0.6) is 0 Å². The van der Waals surface area contributed by atoms with Crippen molar-refractivity contribution in [1.82, 2.24) is 5.32 Å². The Labute approximate surface area is 157 Å². The molecule has 2 fully saturated rings. The Morgan fingerprint density at radius 1 is 0.708 bits per heavy atom. The third kappa shape index (κ3) is 3.26. The van der Waals surface area contributed by atoms with Gasteiger partial charge in [0.25, 0.3) is 0 Å². The van der Waals surface area contributed by atoms with Crippen LogP contribution in [0.1, 0.15) is 24.0 Å². The van der Waals surface area contributed by atoms with Gasteiger partial charge in [-0.3, -0.25) is 5.32 Å². The van der Waals surface area contributed by atoms with E-state index in [1.54, 1.807) is 0 Å². The van der Waals surface area contributed by atoms with Gasteiger partial charge in [0.15, 0.2) is 0 Å². The topological polar surface area (TPSA) is 12.0 Å². The normalized spacial score (nSPS) is 25.8. The van der Waals surface area contributed by atoms with E-state index < -0.39 is 0 Å². The van der Waals surface area contributed by atoms with E-state index in [9.17, 15) is 0 Å². The van der Waals surface area contributed by atoms with Gasteiger partial charge in [-0.25, -0.2) is 0 Å². The molecular formula is C20H23NS3. The Morgan fingerprint density at radius 2 is 1.33 bits per heavy atom. The molecule has 0 spiro atoms. The first-order valence-electron chi connectivity index (χ1n) is 8.61. The molecular weight excluding hydrogens is 350 g/mol. The van der Waals surface area contributed by atoms with Crippen LogP contribution >= 0.6 is 35.3 Å². The van der Waals surface area contributed by atoms with E-state index in [4.69, 9.17) is 0 Å². The minimum absolute atomic E-state index is 0.0900. The van der Waals surface area contributed by atoms with Crippen molar-refractivity contribution >= 4 is 35.3 Å². The van der Waals surface area contributed by atoms with Crippen molar-refractivity contribution in [2.45, 2.75) is 21.8 Å². The summed E-state index contributed by atoms with van der Waals surface area (Å²) in [7, 11) is 0. The summed E-state index contributed by atoms with van der Waals surface area (Å²) in [5.41, 5.74) is 2.92. The van der Waals surface area contributed by atoms with Gasteiger partial charge in [0.2, 0.25) is 0 Å². The smallest absolute Gasteiger partial charge is 0.0903 e. The molecule has 1 unspecified atom stereocenters. The molecule has 1 N–H and O–H groups in total. The second-order valence-electron chi connectivity index (χ2n) is 6.28. The molecule has 0 aromatic heterocycles. The fraction of sp³-hybridized carbons (Fsp3) is 0.400. The number of nitrogens with one attached hydrogen (secondary N) is 1. The maximum absolute atomic E-state index is 3.82. The Bertz CT molecular complexity index is 588. The van der Waals surface area contributed by atoms with Crippen molar-refractivity contribution in [3.8, 4) is 0 Å². The molecule has 1 atom stereocenters. The number of hydrogen-bond donors (Lipinski definition) is 1. The van der Waals surface area contributed by atoms with E-state index >= 15 is 0 Å². The quantitative estimate of drug-likeness (QED) is 0.764. The second-order valence-corrected chi connectivity index (χ2v) is 10.7. The van der Waals surface area contributed by atoms with Crippen molar-refractivity contribution in [2.75, 3.05) is 23.8 Å². The van der Waals surface area contributed by atoms with Gasteiger partial charge in [0, 0.05) is 23.8 Å². The first-order chi connectivity index (χ1) is 11.8. The monoisotopic (exact) mass is 373 g/mol. The average Bonchev–Trinajstić information content (AvgIpc) is 3.33. The highest BCUT2D eigenvalue weighted by Crippen LogP contribution is 2.57. The SMILES string of the molecule is c1ccc(C2(CCC3(c4ccccc4)SCCS3)NCCS2)cc1. The highest BCUT2D eigenvalue weighted by Gasteiger charge is 2.42. The molecule has 2 heterocycles. The first kappa shape index (κ1) is 16.9. The maximum Gasteiger partial charge on any atom is 0.0903 e. The summed E-state index contributed by atoms with van der Waals surface area (Å²) in [6.45, 7) is 1.11. The lowest BCUT2D eigenvalue weighted by Crippen LogP contribution is -2.36. The van der Waals surface area contributed by atoms with Crippen LogP contribution in [-0.2, 0) is 8.95 Å². The molecule has 0 saturated carbocycles. The molecule has 1 nitrogen and oxygen atoms in total. The van der Waals surface area contributed by atoms with Gasteiger partial charge in [-0.15, -0.1) is 35.3 Å². The standard InChI is InChI=1S/C20H23NS3/c1-3-7-17(8-4-1)19(21-13-14-22-19)11-12-20(23-15-16-24-20)18-9-5-2-6-10-18/h1-10,21H,11-16H2. The van der Waals surface area contributed by atoms with Gasteiger partial charge in [0.05, 0.1) is 8.95 Å². The minimum Gasteiger partial charge on any atom is -0.298 e. The molecule has 2 aromatic rings. The molecule has 0 bridgehead atoms. The van der Waals surface area contributed by atoms with Crippen molar-refractivity contribution in [3.05, 3.63) is 71.8 Å². The molecule has 2 saturated heterocycles. The van der Waals surface area contributed by atoms with E-state index in [0.717, 1.165) is 6.54 Å². The summed E-state index contributed by atoms with van der Waals surface area (Å²) in [5, 5.41) is 3.82. The summed E-state index contributed by atoms with van der Waals surface area (Å²) in [4.78, 5) is 0.0900. The Morgan fingerprint density at radius 3 is 1.92 bits per heavy atom. The minimum atomic E-state index is 0.0900. The molecule has 24 heavy (non-hydrogen) atoms. The lowest BCUT2D eigenvalue weighted by molar-refractivity contribution is 0.462. The van der Waals surface area contributed by atoms with Crippen LogP contribution in [0, 0.1) is 0 Å². The fourth-order valence-corrected chi connectivity index (χ4v) is 8.23. The second kappa shape index (κ2) is 7.36. The molecule has 0 aliphatic carbocycles. The first-order valence-corrected chi connectivity index (χ1v) is 11.6. The molecule has 2 aliphatic heterocycles. The van der Waals surface area contributed by atoms with Gasteiger partial charge in [-0.2, -0.15) is 0 Å². The van der Waals surface area contributed by atoms with Crippen molar-refractivity contribution in [2.24, 2.45) is 0 Å². The van der Waals surface area contributed by atoms with Gasteiger partial charge in [0.1, 0.15) is 0 Å². The van der Waals surface area contributed by atoms with E-state index in [1.807, 2.05) is 0 Å². The van der Waals surface area contributed by atoms with Crippen LogP contribution in [0.4, 0.5) is 0 Å². The van der Waals surface area contributed by atoms with Crippen molar-refractivity contribution < 1.29 is 0 Å². The molecule has 4 rings (SSSR count). The van der Waals surface area contributed by atoms with Crippen molar-refractivity contribution in [3.63, 3.8) is 0 Å². The largest absolute Gasteiger partial charge is 0.298 e. The van der Waals surface area contributed by atoms with Crippen LogP contribution in [0.15, 0.2) is 60.7 Å². The number of hydrogen-bond acceptors (Lipinski definition) is 4. The van der Waals surface area contributed by atoms with Crippen LogP contribution < -0.4 is 5.32 Å². The molecule has 4 heteroatoms. The highest BCUT2D eigenvalue weighted by atomic mass is 32.2. The number of thioether (sulfide) groups is 3. The molecule has 126 valence electrons. The summed E-state index contributed by atoms with van der Waals surface area (Å²) in [5.74, 6) is 3.73. The van der Waals surface area contributed by atoms with Gasteiger partial charge in [-0.05, 0) is 24.0 Å². The summed E-state index contributed by atoms with van der Waals surface area (Å²) in [6, 6.07) is 22.2. The lowest BCUT2D eigenvalue weighted by Gasteiger charge is -2.35. The fourth-order valence-electron chi connectivity index (χ4n) is 3.67. The van der Waals surface area contributed by atoms with Crippen LogP contribution in [0.3, 0.4) is 0 Å². The highest BCUT2D eigenvalue weighted by molar-refractivity contribution is 8.20. The Kier molecular flexibility index (Phi) is 5.18. The average molecular weight is 374 g/mol. The predicted octanol–water partition coefficient (Wildman–Crippen LogP) is 5.29. The molecule has 0 amide bonds. The van der Waals surface area contributed by atoms with E-state index in [2.05, 4.69) is 101 Å². The predicted molar refractivity (Wildman–Crippen MR) is 111 cm³/mol. The summed E-state index contributed by atoms with van der Waals surface area (Å²) in [6.07, 6.45) is 2.39. The molecule has 2 aliphatic rings. The van der Waals surface area contributed by atoms with Gasteiger partial charge in [-0.1, -0.05) is 60.7 Å². The summed E-state index contributed by atoms with van der Waals surface area (Å²) >= 11 is 6.38. The Balaban J connectivity index is 1.59. The van der Waals surface area contributed by atoms with E-state index in [1.165, 1.54) is 41.2 Å². The van der Waals surface area contributed by atoms with E-state index in [-0.39, 0.29) is 8.95 Å². The van der Waals surface area contributed by atoms with Gasteiger partial charge >= 0.3 is 0 Å².